The highest BCUT2D eigenvalue weighted by molar-refractivity contribution is 6.19. The zero-order valence-electron chi connectivity index (χ0n) is 27.3. The topological polar surface area (TPSA) is 16.4 Å². The lowest BCUT2D eigenvalue weighted by molar-refractivity contribution is 0.670. The normalized spacial score (nSPS) is 11.6. The van der Waals surface area contributed by atoms with Gasteiger partial charge < -0.3 is 9.32 Å². The lowest BCUT2D eigenvalue weighted by atomic mass is 9.95. The molecule has 2 nitrogen and oxygen atoms in total. The molecule has 0 saturated carbocycles. The molecule has 0 bridgehead atoms. The van der Waals surface area contributed by atoms with Crippen molar-refractivity contribution in [3.8, 4) is 22.3 Å². The van der Waals surface area contributed by atoms with Crippen LogP contribution in [0.5, 0.6) is 0 Å². The standard InChI is InChI=1S/C48H31NO/c1-3-13-32(14-4-1)33-23-25-37(26-24-33)49(45-30-36-18-7-9-19-39(36)41-21-11-12-22-42(41)45)38-27-28-46-43(31-38)44-29-35-17-8-10-20-40(35)47(48(44)50-46)34-15-5-2-6-16-34/h1-31H. The summed E-state index contributed by atoms with van der Waals surface area (Å²) >= 11 is 0. The fourth-order valence-electron chi connectivity index (χ4n) is 7.67. The van der Waals surface area contributed by atoms with Gasteiger partial charge in [0.15, 0.2) is 0 Å². The molecule has 10 aromatic rings. The first-order valence-electron chi connectivity index (χ1n) is 17.1. The molecule has 0 fully saturated rings. The number of anilines is 3. The highest BCUT2D eigenvalue weighted by Crippen LogP contribution is 2.46. The second kappa shape index (κ2) is 11.5. The molecular weight excluding hydrogens is 607 g/mol. The van der Waals surface area contributed by atoms with Gasteiger partial charge in [0.05, 0.1) is 5.69 Å². The van der Waals surface area contributed by atoms with Crippen molar-refractivity contribution >= 4 is 71.3 Å². The fourth-order valence-corrected chi connectivity index (χ4v) is 7.67. The number of furan rings is 1. The van der Waals surface area contributed by atoms with E-state index in [0.29, 0.717) is 0 Å². The molecule has 0 amide bonds. The van der Waals surface area contributed by atoms with Crippen molar-refractivity contribution in [1.82, 2.24) is 0 Å². The van der Waals surface area contributed by atoms with Crippen LogP contribution in [-0.2, 0) is 0 Å². The Morgan fingerprint density at radius 1 is 0.340 bits per heavy atom. The Labute approximate surface area is 290 Å². The molecule has 0 saturated heterocycles. The lowest BCUT2D eigenvalue weighted by Crippen LogP contribution is -2.10. The van der Waals surface area contributed by atoms with E-state index in [2.05, 4.69) is 193 Å². The van der Waals surface area contributed by atoms with Gasteiger partial charge in [0.2, 0.25) is 0 Å². The van der Waals surface area contributed by atoms with Crippen molar-refractivity contribution in [2.45, 2.75) is 0 Å². The number of rotatable bonds is 5. The summed E-state index contributed by atoms with van der Waals surface area (Å²) in [6.07, 6.45) is 0. The van der Waals surface area contributed by atoms with Crippen LogP contribution in [0.2, 0.25) is 0 Å². The second-order valence-corrected chi connectivity index (χ2v) is 12.9. The van der Waals surface area contributed by atoms with Crippen molar-refractivity contribution in [2.75, 3.05) is 4.90 Å². The monoisotopic (exact) mass is 637 g/mol. The predicted molar refractivity (Wildman–Crippen MR) is 212 cm³/mol. The molecule has 0 aliphatic heterocycles. The summed E-state index contributed by atoms with van der Waals surface area (Å²) in [5.41, 5.74) is 9.76. The predicted octanol–water partition coefficient (Wildman–Crippen LogP) is 13.8. The molecule has 0 N–H and O–H groups in total. The summed E-state index contributed by atoms with van der Waals surface area (Å²) in [5.74, 6) is 0. The third-order valence-corrected chi connectivity index (χ3v) is 10.0. The summed E-state index contributed by atoms with van der Waals surface area (Å²) in [4.78, 5) is 2.40. The first-order valence-corrected chi connectivity index (χ1v) is 17.1. The third kappa shape index (κ3) is 4.57. The van der Waals surface area contributed by atoms with Crippen molar-refractivity contribution in [3.05, 3.63) is 188 Å². The largest absolute Gasteiger partial charge is 0.455 e. The number of hydrogen-bond donors (Lipinski definition) is 0. The number of fused-ring (bicyclic) bond motifs is 7. The number of hydrogen-bond acceptors (Lipinski definition) is 2. The van der Waals surface area contributed by atoms with Gasteiger partial charge >= 0.3 is 0 Å². The Balaban J connectivity index is 1.24. The highest BCUT2D eigenvalue weighted by Gasteiger charge is 2.21. The van der Waals surface area contributed by atoms with E-state index in [1.807, 2.05) is 0 Å². The summed E-state index contributed by atoms with van der Waals surface area (Å²) in [5, 5.41) is 9.49. The molecule has 2 heteroatoms. The van der Waals surface area contributed by atoms with E-state index in [1.165, 1.54) is 43.4 Å². The van der Waals surface area contributed by atoms with E-state index in [0.717, 1.165) is 50.1 Å². The van der Waals surface area contributed by atoms with E-state index in [9.17, 15) is 0 Å². The second-order valence-electron chi connectivity index (χ2n) is 12.9. The Kier molecular flexibility index (Phi) is 6.53. The molecule has 50 heavy (non-hydrogen) atoms. The van der Waals surface area contributed by atoms with Gasteiger partial charge in [-0.25, -0.2) is 0 Å². The fraction of sp³-hybridized carbons (Fsp3) is 0. The van der Waals surface area contributed by atoms with Gasteiger partial charge in [0, 0.05) is 33.1 Å². The Hall–Kier alpha value is -6.64. The molecule has 10 rings (SSSR count). The van der Waals surface area contributed by atoms with Crippen molar-refractivity contribution in [1.29, 1.82) is 0 Å². The Morgan fingerprint density at radius 3 is 1.64 bits per heavy atom. The van der Waals surface area contributed by atoms with Crippen LogP contribution in [0.1, 0.15) is 0 Å². The van der Waals surface area contributed by atoms with Crippen LogP contribution in [0.4, 0.5) is 17.1 Å². The summed E-state index contributed by atoms with van der Waals surface area (Å²) in [7, 11) is 0. The molecule has 0 aliphatic carbocycles. The molecule has 0 atom stereocenters. The maximum Gasteiger partial charge on any atom is 0.143 e. The van der Waals surface area contributed by atoms with Crippen LogP contribution < -0.4 is 4.90 Å². The first kappa shape index (κ1) is 28.4. The quantitative estimate of drug-likeness (QED) is 0.175. The summed E-state index contributed by atoms with van der Waals surface area (Å²) in [6.45, 7) is 0. The minimum Gasteiger partial charge on any atom is -0.455 e. The minimum atomic E-state index is 0.874. The van der Waals surface area contributed by atoms with E-state index in [-0.39, 0.29) is 0 Å². The van der Waals surface area contributed by atoms with E-state index in [4.69, 9.17) is 4.42 Å². The Bertz CT molecular complexity index is 2850. The van der Waals surface area contributed by atoms with Gasteiger partial charge in [-0.05, 0) is 86.1 Å². The first-order chi connectivity index (χ1) is 24.8. The number of nitrogens with zero attached hydrogens (tertiary/aromatic N) is 1. The van der Waals surface area contributed by atoms with E-state index in [1.54, 1.807) is 0 Å². The van der Waals surface area contributed by atoms with Crippen LogP contribution in [-0.4, -0.2) is 0 Å². The SMILES string of the molecule is c1ccc(-c2ccc(N(c3ccc4oc5c(-c6ccccc6)c6ccccc6cc5c4c3)c3cc4ccccc4c4ccccc34)cc2)cc1. The van der Waals surface area contributed by atoms with Crippen LogP contribution >= 0.6 is 0 Å². The van der Waals surface area contributed by atoms with Crippen LogP contribution in [0.25, 0.3) is 76.5 Å². The molecule has 0 aliphatic rings. The average molecular weight is 638 g/mol. The maximum absolute atomic E-state index is 6.77. The van der Waals surface area contributed by atoms with E-state index < -0.39 is 0 Å². The molecule has 9 aromatic carbocycles. The molecule has 0 spiro atoms. The van der Waals surface area contributed by atoms with Crippen LogP contribution in [0.15, 0.2) is 192 Å². The smallest absolute Gasteiger partial charge is 0.143 e. The molecule has 0 radical (unpaired) electrons. The Morgan fingerprint density at radius 2 is 0.900 bits per heavy atom. The van der Waals surface area contributed by atoms with Crippen LogP contribution in [0.3, 0.4) is 0 Å². The maximum atomic E-state index is 6.77. The van der Waals surface area contributed by atoms with Gasteiger partial charge in [0.1, 0.15) is 11.2 Å². The van der Waals surface area contributed by atoms with Crippen molar-refractivity contribution in [3.63, 3.8) is 0 Å². The highest BCUT2D eigenvalue weighted by atomic mass is 16.3. The van der Waals surface area contributed by atoms with Crippen molar-refractivity contribution < 1.29 is 4.42 Å². The van der Waals surface area contributed by atoms with Gasteiger partial charge in [-0.1, -0.05) is 146 Å². The zero-order chi connectivity index (χ0) is 33.0. The van der Waals surface area contributed by atoms with Gasteiger partial charge in [0.25, 0.3) is 0 Å². The van der Waals surface area contributed by atoms with Gasteiger partial charge in [-0.3, -0.25) is 0 Å². The molecule has 0 unspecified atom stereocenters. The molecular formula is C48H31NO. The van der Waals surface area contributed by atoms with Crippen molar-refractivity contribution in [2.24, 2.45) is 0 Å². The average Bonchev–Trinajstić information content (AvgIpc) is 3.55. The minimum absolute atomic E-state index is 0.874. The van der Waals surface area contributed by atoms with E-state index >= 15 is 0 Å². The molecule has 1 aromatic heterocycles. The third-order valence-electron chi connectivity index (χ3n) is 10.0. The number of benzene rings is 9. The van der Waals surface area contributed by atoms with Gasteiger partial charge in [-0.15, -0.1) is 0 Å². The lowest BCUT2D eigenvalue weighted by Gasteiger charge is -2.28. The molecule has 234 valence electrons. The summed E-state index contributed by atoms with van der Waals surface area (Å²) in [6, 6.07) is 67.4. The van der Waals surface area contributed by atoms with Crippen LogP contribution in [0, 0.1) is 0 Å². The molecule has 1 heterocycles. The summed E-state index contributed by atoms with van der Waals surface area (Å²) < 4.78 is 6.77. The zero-order valence-corrected chi connectivity index (χ0v) is 27.3. The van der Waals surface area contributed by atoms with Gasteiger partial charge in [-0.2, -0.15) is 0 Å².